The molecule has 3 amide bonds. The Labute approximate surface area is 203 Å². The van der Waals surface area contributed by atoms with Crippen molar-refractivity contribution in [2.24, 2.45) is 11.3 Å². The Hall–Kier alpha value is -3.07. The molecule has 1 aromatic heterocycles. The molecule has 0 saturated heterocycles. The fourth-order valence-corrected chi connectivity index (χ4v) is 4.84. The zero-order chi connectivity index (χ0) is 24.6. The van der Waals surface area contributed by atoms with E-state index in [1.807, 2.05) is 30.3 Å². The lowest BCUT2D eigenvalue weighted by Gasteiger charge is -2.34. The van der Waals surface area contributed by atoms with Gasteiger partial charge in [0.1, 0.15) is 11.0 Å². The minimum Gasteiger partial charge on any atom is -0.347 e. The number of amides is 3. The molecular formula is C25H32N4O4S. The highest BCUT2D eigenvalue weighted by Crippen LogP contribution is 2.38. The Kier molecular flexibility index (Phi) is 8.92. The van der Waals surface area contributed by atoms with E-state index in [-0.39, 0.29) is 36.8 Å². The average Bonchev–Trinajstić information content (AvgIpc) is 3.34. The van der Waals surface area contributed by atoms with Crippen LogP contribution in [0.5, 0.6) is 0 Å². The van der Waals surface area contributed by atoms with Gasteiger partial charge < -0.3 is 16.0 Å². The maximum absolute atomic E-state index is 12.9. The fourth-order valence-electron chi connectivity index (χ4n) is 4.28. The van der Waals surface area contributed by atoms with Crippen molar-refractivity contribution >= 4 is 34.8 Å². The SMILES string of the molecule is CC1(C)CCCC(C(=O)NCC(=O)N[C@H](Cc2ccccc2)C(=O)C(=O)NCc2nccs2)C1. The summed E-state index contributed by atoms with van der Waals surface area (Å²) in [7, 11) is 0. The van der Waals surface area contributed by atoms with Gasteiger partial charge in [-0.25, -0.2) is 4.98 Å². The summed E-state index contributed by atoms with van der Waals surface area (Å²) in [5, 5.41) is 10.4. The lowest BCUT2D eigenvalue weighted by molar-refractivity contribution is -0.140. The van der Waals surface area contributed by atoms with Gasteiger partial charge in [-0.05, 0) is 30.2 Å². The molecule has 1 unspecified atom stereocenters. The number of thiazole rings is 1. The van der Waals surface area contributed by atoms with Gasteiger partial charge >= 0.3 is 0 Å². The first-order chi connectivity index (χ1) is 16.2. The first kappa shape index (κ1) is 25.6. The van der Waals surface area contributed by atoms with Gasteiger partial charge in [-0.3, -0.25) is 19.2 Å². The largest absolute Gasteiger partial charge is 0.347 e. The minimum absolute atomic E-state index is 0.113. The Morgan fingerprint density at radius 1 is 1.15 bits per heavy atom. The third-order valence-electron chi connectivity index (χ3n) is 6.04. The Balaban J connectivity index is 1.57. The molecule has 2 aromatic rings. The number of rotatable bonds is 10. The van der Waals surface area contributed by atoms with Crippen molar-refractivity contribution in [1.82, 2.24) is 20.9 Å². The minimum atomic E-state index is -1.04. The molecule has 8 nitrogen and oxygen atoms in total. The highest BCUT2D eigenvalue weighted by molar-refractivity contribution is 7.09. The van der Waals surface area contributed by atoms with Crippen molar-refractivity contribution in [3.05, 3.63) is 52.5 Å². The number of ketones is 1. The van der Waals surface area contributed by atoms with Crippen LogP contribution in [0.15, 0.2) is 41.9 Å². The zero-order valence-electron chi connectivity index (χ0n) is 19.6. The number of hydrogen-bond acceptors (Lipinski definition) is 6. The summed E-state index contributed by atoms with van der Waals surface area (Å²) < 4.78 is 0. The van der Waals surface area contributed by atoms with Crippen molar-refractivity contribution in [2.45, 2.75) is 58.5 Å². The van der Waals surface area contributed by atoms with Crippen molar-refractivity contribution in [3.8, 4) is 0 Å². The first-order valence-corrected chi connectivity index (χ1v) is 12.4. The second-order valence-electron chi connectivity index (χ2n) is 9.46. The van der Waals surface area contributed by atoms with Crippen LogP contribution in [0.4, 0.5) is 0 Å². The van der Waals surface area contributed by atoms with Crippen LogP contribution in [-0.2, 0) is 32.1 Å². The smallest absolute Gasteiger partial charge is 0.289 e. The number of carbonyl (C=O) groups is 4. The fraction of sp³-hybridized carbons (Fsp3) is 0.480. The van der Waals surface area contributed by atoms with Gasteiger partial charge in [0.05, 0.1) is 13.1 Å². The van der Waals surface area contributed by atoms with Crippen LogP contribution in [0.2, 0.25) is 0 Å². The molecule has 1 aliphatic rings. The molecule has 1 heterocycles. The molecule has 1 aromatic carbocycles. The van der Waals surface area contributed by atoms with Gasteiger partial charge in [0.25, 0.3) is 5.91 Å². The quantitative estimate of drug-likeness (QED) is 0.448. The van der Waals surface area contributed by atoms with Gasteiger partial charge in [-0.15, -0.1) is 11.3 Å². The van der Waals surface area contributed by atoms with Crippen LogP contribution in [0.25, 0.3) is 0 Å². The van der Waals surface area contributed by atoms with E-state index in [2.05, 4.69) is 34.8 Å². The predicted molar refractivity (Wildman–Crippen MR) is 130 cm³/mol. The molecular weight excluding hydrogens is 452 g/mol. The van der Waals surface area contributed by atoms with Crippen LogP contribution >= 0.6 is 11.3 Å². The van der Waals surface area contributed by atoms with E-state index in [0.717, 1.165) is 31.2 Å². The molecule has 1 fully saturated rings. The Morgan fingerprint density at radius 3 is 2.59 bits per heavy atom. The second kappa shape index (κ2) is 11.9. The number of Topliss-reactive ketones (excluding diaryl/α,β-unsaturated/α-hetero) is 1. The molecule has 2 atom stereocenters. The van der Waals surface area contributed by atoms with E-state index >= 15 is 0 Å². The molecule has 9 heteroatoms. The number of nitrogens with one attached hydrogen (secondary N) is 3. The van der Waals surface area contributed by atoms with Gasteiger partial charge in [0, 0.05) is 23.9 Å². The monoisotopic (exact) mass is 484 g/mol. The zero-order valence-corrected chi connectivity index (χ0v) is 20.5. The standard InChI is InChI=1S/C25H32N4O4S/c1-25(2)10-6-9-18(14-25)23(32)27-15-20(30)29-19(13-17-7-4-3-5-8-17)22(31)24(33)28-16-21-26-11-12-34-21/h3-5,7-8,11-12,18-19H,6,9-10,13-16H2,1-2H3,(H,27,32)(H,28,33)(H,29,30)/t18?,19-/m1/s1. The Morgan fingerprint density at radius 2 is 1.91 bits per heavy atom. The molecule has 182 valence electrons. The Bertz CT molecular complexity index is 992. The van der Waals surface area contributed by atoms with E-state index in [0.29, 0.717) is 5.01 Å². The molecule has 0 aliphatic heterocycles. The lowest BCUT2D eigenvalue weighted by Crippen LogP contribution is -2.51. The lowest BCUT2D eigenvalue weighted by atomic mass is 9.72. The molecule has 0 radical (unpaired) electrons. The molecule has 0 bridgehead atoms. The summed E-state index contributed by atoms with van der Waals surface area (Å²) in [5.41, 5.74) is 0.921. The van der Waals surface area contributed by atoms with Gasteiger partial charge in [-0.2, -0.15) is 0 Å². The topological polar surface area (TPSA) is 117 Å². The van der Waals surface area contributed by atoms with Crippen molar-refractivity contribution in [3.63, 3.8) is 0 Å². The molecule has 0 spiro atoms. The van der Waals surface area contributed by atoms with Crippen LogP contribution in [0, 0.1) is 11.3 Å². The summed E-state index contributed by atoms with van der Waals surface area (Å²) in [6.45, 7) is 4.20. The van der Waals surface area contributed by atoms with E-state index in [1.54, 1.807) is 11.6 Å². The van der Waals surface area contributed by atoms with Gasteiger partial charge in [-0.1, -0.05) is 50.6 Å². The maximum Gasteiger partial charge on any atom is 0.289 e. The number of hydrogen-bond donors (Lipinski definition) is 3. The summed E-state index contributed by atoms with van der Waals surface area (Å²) >= 11 is 1.37. The number of carbonyl (C=O) groups excluding carboxylic acids is 4. The van der Waals surface area contributed by atoms with Crippen molar-refractivity contribution in [1.29, 1.82) is 0 Å². The molecule has 3 rings (SSSR count). The predicted octanol–water partition coefficient (Wildman–Crippen LogP) is 2.39. The summed E-state index contributed by atoms with van der Waals surface area (Å²) in [6.07, 6.45) is 5.46. The number of aromatic nitrogens is 1. The van der Waals surface area contributed by atoms with Crippen LogP contribution in [0.1, 0.15) is 50.1 Å². The van der Waals surface area contributed by atoms with E-state index in [4.69, 9.17) is 0 Å². The maximum atomic E-state index is 12.9. The normalized spacial score (nSPS) is 17.9. The van der Waals surface area contributed by atoms with Crippen LogP contribution in [-0.4, -0.2) is 41.1 Å². The second-order valence-corrected chi connectivity index (χ2v) is 10.4. The third kappa shape index (κ3) is 7.76. The molecule has 1 aliphatic carbocycles. The van der Waals surface area contributed by atoms with Crippen LogP contribution in [0.3, 0.4) is 0 Å². The molecule has 3 N–H and O–H groups in total. The van der Waals surface area contributed by atoms with E-state index in [9.17, 15) is 19.2 Å². The first-order valence-electron chi connectivity index (χ1n) is 11.5. The highest BCUT2D eigenvalue weighted by atomic mass is 32.1. The summed E-state index contributed by atoms with van der Waals surface area (Å²) in [4.78, 5) is 54.6. The summed E-state index contributed by atoms with van der Waals surface area (Å²) in [5.74, 6) is -2.30. The average molecular weight is 485 g/mol. The molecule has 34 heavy (non-hydrogen) atoms. The third-order valence-corrected chi connectivity index (χ3v) is 6.82. The van der Waals surface area contributed by atoms with Gasteiger partial charge in [0.15, 0.2) is 0 Å². The van der Waals surface area contributed by atoms with Crippen LogP contribution < -0.4 is 16.0 Å². The van der Waals surface area contributed by atoms with E-state index < -0.39 is 23.6 Å². The molecule has 1 saturated carbocycles. The highest BCUT2D eigenvalue weighted by Gasteiger charge is 2.32. The number of benzene rings is 1. The van der Waals surface area contributed by atoms with Crippen molar-refractivity contribution < 1.29 is 19.2 Å². The van der Waals surface area contributed by atoms with E-state index in [1.165, 1.54) is 11.3 Å². The number of nitrogens with zero attached hydrogens (tertiary/aromatic N) is 1. The summed E-state index contributed by atoms with van der Waals surface area (Å²) in [6, 6.07) is 8.11. The van der Waals surface area contributed by atoms with Gasteiger partial charge in [0.2, 0.25) is 17.6 Å². The van der Waals surface area contributed by atoms with Crippen molar-refractivity contribution in [2.75, 3.05) is 6.54 Å².